The molecular weight excluding hydrogens is 438 g/mol. The Labute approximate surface area is 176 Å². The van der Waals surface area contributed by atoms with E-state index in [0.29, 0.717) is 35.3 Å². The summed E-state index contributed by atoms with van der Waals surface area (Å²) in [6.45, 7) is 0.624. The number of hydrogen-bond acceptors (Lipinski definition) is 6. The third-order valence-corrected chi connectivity index (χ3v) is 5.47. The van der Waals surface area contributed by atoms with Crippen molar-refractivity contribution in [2.24, 2.45) is 0 Å². The molecule has 3 aromatic rings. The summed E-state index contributed by atoms with van der Waals surface area (Å²) < 4.78 is 17.1. The lowest BCUT2D eigenvalue weighted by Gasteiger charge is -2.22. The van der Waals surface area contributed by atoms with Crippen LogP contribution in [0.2, 0.25) is 0 Å². The van der Waals surface area contributed by atoms with Gasteiger partial charge in [0.1, 0.15) is 17.5 Å². The van der Waals surface area contributed by atoms with E-state index in [0.717, 1.165) is 22.9 Å². The molecule has 0 spiro atoms. The van der Waals surface area contributed by atoms with E-state index in [1.54, 1.807) is 37.3 Å². The maximum atomic E-state index is 13.2. The second kappa shape index (κ2) is 8.24. The molecule has 0 radical (unpaired) electrons. The van der Waals surface area contributed by atoms with E-state index in [9.17, 15) is 4.79 Å². The molecule has 150 valence electrons. The zero-order valence-corrected chi connectivity index (χ0v) is 17.7. The molecule has 0 bridgehead atoms. The van der Waals surface area contributed by atoms with Crippen molar-refractivity contribution in [1.82, 2.24) is 15.0 Å². The number of hydrogen-bond donors (Lipinski definition) is 0. The number of carbonyl (C=O) groups excluding carboxylic acids is 1. The van der Waals surface area contributed by atoms with Crippen LogP contribution in [0.5, 0.6) is 11.5 Å². The first-order valence-corrected chi connectivity index (χ1v) is 10.0. The standard InChI is InChI=1S/C21H20BrN3O4/c1-27-16-10-14(11-17(12-16)28-2)21(26)25-9-3-4-18(25)20-23-19(24-29-20)13-5-7-15(22)8-6-13/h5-8,10-12,18H,3-4,9H2,1-2H3. The summed E-state index contributed by atoms with van der Waals surface area (Å²) in [4.78, 5) is 19.5. The highest BCUT2D eigenvalue weighted by molar-refractivity contribution is 9.10. The van der Waals surface area contributed by atoms with Gasteiger partial charge in [0.15, 0.2) is 0 Å². The van der Waals surface area contributed by atoms with Crippen molar-refractivity contribution in [2.75, 3.05) is 20.8 Å². The zero-order valence-electron chi connectivity index (χ0n) is 16.1. The van der Waals surface area contributed by atoms with Crippen LogP contribution in [0.15, 0.2) is 51.5 Å². The van der Waals surface area contributed by atoms with Crippen molar-refractivity contribution < 1.29 is 18.8 Å². The highest BCUT2D eigenvalue weighted by atomic mass is 79.9. The number of aromatic nitrogens is 2. The molecule has 1 aliphatic heterocycles. The molecule has 1 fully saturated rings. The SMILES string of the molecule is COc1cc(OC)cc(C(=O)N2CCCC2c2nc(-c3ccc(Br)cc3)no2)c1. The maximum Gasteiger partial charge on any atom is 0.254 e. The van der Waals surface area contributed by atoms with Crippen LogP contribution in [0.4, 0.5) is 0 Å². The van der Waals surface area contributed by atoms with E-state index >= 15 is 0 Å². The molecule has 1 saturated heterocycles. The van der Waals surface area contributed by atoms with Crippen molar-refractivity contribution >= 4 is 21.8 Å². The number of halogens is 1. The summed E-state index contributed by atoms with van der Waals surface area (Å²) in [6, 6.07) is 12.6. The van der Waals surface area contributed by atoms with E-state index in [4.69, 9.17) is 14.0 Å². The first-order chi connectivity index (χ1) is 14.1. The molecule has 1 unspecified atom stereocenters. The largest absolute Gasteiger partial charge is 0.497 e. The highest BCUT2D eigenvalue weighted by Gasteiger charge is 2.35. The van der Waals surface area contributed by atoms with E-state index in [-0.39, 0.29) is 11.9 Å². The van der Waals surface area contributed by atoms with Gasteiger partial charge >= 0.3 is 0 Å². The van der Waals surface area contributed by atoms with Gasteiger partial charge in [-0.15, -0.1) is 0 Å². The van der Waals surface area contributed by atoms with Crippen molar-refractivity contribution in [1.29, 1.82) is 0 Å². The van der Waals surface area contributed by atoms with Crippen molar-refractivity contribution in [3.05, 3.63) is 58.4 Å². The zero-order chi connectivity index (χ0) is 20.4. The van der Waals surface area contributed by atoms with E-state index in [2.05, 4.69) is 26.1 Å². The van der Waals surface area contributed by atoms with Crippen molar-refractivity contribution in [3.63, 3.8) is 0 Å². The molecule has 2 aromatic carbocycles. The van der Waals surface area contributed by atoms with Gasteiger partial charge in [-0.05, 0) is 49.2 Å². The minimum atomic E-state index is -0.253. The Bertz CT molecular complexity index is 997. The Hall–Kier alpha value is -2.87. The van der Waals surface area contributed by atoms with Crippen LogP contribution < -0.4 is 9.47 Å². The molecule has 1 aromatic heterocycles. The van der Waals surface area contributed by atoms with Crippen LogP contribution >= 0.6 is 15.9 Å². The Kier molecular flexibility index (Phi) is 5.53. The third kappa shape index (κ3) is 3.98. The van der Waals surface area contributed by atoms with Crippen LogP contribution in [0.3, 0.4) is 0 Å². The van der Waals surface area contributed by atoms with Gasteiger partial charge in [-0.1, -0.05) is 21.1 Å². The molecule has 8 heteroatoms. The topological polar surface area (TPSA) is 77.7 Å². The Morgan fingerprint density at radius 1 is 1.14 bits per heavy atom. The Balaban J connectivity index is 1.60. The van der Waals surface area contributed by atoms with Gasteiger partial charge in [0.05, 0.1) is 14.2 Å². The molecule has 1 amide bonds. The number of methoxy groups -OCH3 is 2. The summed E-state index contributed by atoms with van der Waals surface area (Å²) in [6.07, 6.45) is 1.64. The quantitative estimate of drug-likeness (QED) is 0.561. The Morgan fingerprint density at radius 3 is 2.48 bits per heavy atom. The first-order valence-electron chi connectivity index (χ1n) is 9.22. The summed E-state index contributed by atoms with van der Waals surface area (Å²) in [5.41, 5.74) is 1.36. The second-order valence-electron chi connectivity index (χ2n) is 6.72. The summed E-state index contributed by atoms with van der Waals surface area (Å²) in [5, 5.41) is 4.10. The molecule has 0 saturated carbocycles. The molecule has 4 rings (SSSR count). The predicted molar refractivity (Wildman–Crippen MR) is 110 cm³/mol. The predicted octanol–water partition coefficient (Wildman–Crippen LogP) is 4.49. The first kappa shape index (κ1) is 19.4. The number of nitrogens with zero attached hydrogens (tertiary/aromatic N) is 3. The van der Waals surface area contributed by atoms with Crippen LogP contribution in [0, 0.1) is 0 Å². The van der Waals surface area contributed by atoms with Crippen LogP contribution in [-0.4, -0.2) is 41.7 Å². The van der Waals surface area contributed by atoms with Crippen LogP contribution in [0.25, 0.3) is 11.4 Å². The third-order valence-electron chi connectivity index (χ3n) is 4.94. The number of rotatable bonds is 5. The number of benzene rings is 2. The lowest BCUT2D eigenvalue weighted by Crippen LogP contribution is -2.30. The maximum absolute atomic E-state index is 13.2. The van der Waals surface area contributed by atoms with E-state index in [1.165, 1.54) is 0 Å². The van der Waals surface area contributed by atoms with Crippen LogP contribution in [0.1, 0.15) is 35.1 Å². The number of carbonyl (C=O) groups is 1. The van der Waals surface area contributed by atoms with Crippen LogP contribution in [-0.2, 0) is 0 Å². The van der Waals surface area contributed by atoms with Gasteiger partial charge in [-0.25, -0.2) is 0 Å². The molecule has 0 aliphatic carbocycles. The molecule has 7 nitrogen and oxygen atoms in total. The minimum Gasteiger partial charge on any atom is -0.497 e. The molecule has 2 heterocycles. The van der Waals surface area contributed by atoms with Gasteiger partial charge < -0.3 is 18.9 Å². The average molecular weight is 458 g/mol. The Morgan fingerprint density at radius 2 is 1.83 bits per heavy atom. The monoisotopic (exact) mass is 457 g/mol. The van der Waals surface area contributed by atoms with E-state index in [1.807, 2.05) is 24.3 Å². The van der Waals surface area contributed by atoms with Crippen molar-refractivity contribution in [3.8, 4) is 22.9 Å². The lowest BCUT2D eigenvalue weighted by atomic mass is 10.1. The minimum absolute atomic E-state index is 0.118. The van der Waals surface area contributed by atoms with Gasteiger partial charge in [0, 0.05) is 28.2 Å². The summed E-state index contributed by atoms with van der Waals surface area (Å²) in [5.74, 6) is 1.98. The number of amides is 1. The summed E-state index contributed by atoms with van der Waals surface area (Å²) in [7, 11) is 3.12. The molecular formula is C21H20BrN3O4. The van der Waals surface area contributed by atoms with Gasteiger partial charge in [-0.3, -0.25) is 4.79 Å². The fraction of sp³-hybridized carbons (Fsp3) is 0.286. The van der Waals surface area contributed by atoms with Gasteiger partial charge in [0.25, 0.3) is 5.91 Å². The normalized spacial score (nSPS) is 16.1. The lowest BCUT2D eigenvalue weighted by molar-refractivity contribution is 0.0709. The number of likely N-dealkylation sites (tertiary alicyclic amines) is 1. The highest BCUT2D eigenvalue weighted by Crippen LogP contribution is 2.34. The van der Waals surface area contributed by atoms with E-state index < -0.39 is 0 Å². The molecule has 29 heavy (non-hydrogen) atoms. The number of ether oxygens (including phenoxy) is 2. The van der Waals surface area contributed by atoms with Gasteiger partial charge in [0.2, 0.25) is 11.7 Å². The van der Waals surface area contributed by atoms with Gasteiger partial charge in [-0.2, -0.15) is 4.98 Å². The molecule has 0 N–H and O–H groups in total. The van der Waals surface area contributed by atoms with Crippen molar-refractivity contribution in [2.45, 2.75) is 18.9 Å². The molecule has 1 aliphatic rings. The fourth-order valence-corrected chi connectivity index (χ4v) is 3.71. The smallest absolute Gasteiger partial charge is 0.254 e. The second-order valence-corrected chi connectivity index (χ2v) is 7.64. The summed E-state index contributed by atoms with van der Waals surface area (Å²) >= 11 is 3.42. The molecule has 1 atom stereocenters. The fourth-order valence-electron chi connectivity index (χ4n) is 3.45. The average Bonchev–Trinajstić information content (AvgIpc) is 3.42.